The summed E-state index contributed by atoms with van der Waals surface area (Å²) < 4.78 is 0. The molecule has 0 nitrogen and oxygen atoms in total. The Balaban J connectivity index is 2.22. The SMILES string of the molecule is C[C@H]1C=C[C@H]2C[C@@H]12. The average Bonchev–Trinajstić information content (AvgIpc) is 2.33. The summed E-state index contributed by atoms with van der Waals surface area (Å²) in [6.45, 7) is 2.31. The van der Waals surface area contributed by atoms with E-state index in [0.29, 0.717) is 0 Å². The molecule has 0 aromatic rings. The van der Waals surface area contributed by atoms with Gasteiger partial charge in [0.1, 0.15) is 0 Å². The van der Waals surface area contributed by atoms with Gasteiger partial charge in [-0.3, -0.25) is 0 Å². The van der Waals surface area contributed by atoms with E-state index in [1.165, 1.54) is 6.42 Å². The van der Waals surface area contributed by atoms with E-state index >= 15 is 0 Å². The molecule has 0 heterocycles. The van der Waals surface area contributed by atoms with Crippen LogP contribution in [0.25, 0.3) is 0 Å². The maximum atomic E-state index is 2.37. The molecule has 2 rings (SSSR count). The Hall–Kier alpha value is -0.260. The standard InChI is InChI=1S/C7H10/c1-5-2-3-6-4-7(5)6/h2-3,5-7H,4H2,1H3/t5-,6-,7-/m0/s1. The third kappa shape index (κ3) is 0.370. The van der Waals surface area contributed by atoms with Crippen LogP contribution in [0.1, 0.15) is 13.3 Å². The van der Waals surface area contributed by atoms with Crippen LogP contribution in [-0.2, 0) is 0 Å². The molecule has 7 heavy (non-hydrogen) atoms. The zero-order valence-electron chi connectivity index (χ0n) is 4.59. The molecule has 0 amide bonds. The van der Waals surface area contributed by atoms with E-state index < -0.39 is 0 Å². The molecule has 1 saturated carbocycles. The van der Waals surface area contributed by atoms with Crippen LogP contribution >= 0.6 is 0 Å². The molecule has 0 heteroatoms. The maximum Gasteiger partial charge on any atom is -0.0196 e. The lowest BCUT2D eigenvalue weighted by atomic mass is 10.1. The van der Waals surface area contributed by atoms with E-state index in [9.17, 15) is 0 Å². The zero-order valence-corrected chi connectivity index (χ0v) is 4.59. The highest BCUT2D eigenvalue weighted by atomic mass is 14.5. The Bertz CT molecular complexity index is 113. The molecule has 2 aliphatic carbocycles. The van der Waals surface area contributed by atoms with Crippen LogP contribution in [0.4, 0.5) is 0 Å². The monoisotopic (exact) mass is 94.1 g/mol. The van der Waals surface area contributed by atoms with Crippen molar-refractivity contribution in [3.05, 3.63) is 12.2 Å². The topological polar surface area (TPSA) is 0 Å². The van der Waals surface area contributed by atoms with E-state index in [4.69, 9.17) is 0 Å². The van der Waals surface area contributed by atoms with Gasteiger partial charge in [-0.2, -0.15) is 0 Å². The van der Waals surface area contributed by atoms with Crippen LogP contribution in [0.5, 0.6) is 0 Å². The van der Waals surface area contributed by atoms with Crippen LogP contribution in [0, 0.1) is 17.8 Å². The summed E-state index contributed by atoms with van der Waals surface area (Å²) in [6.07, 6.45) is 6.20. The fourth-order valence-corrected chi connectivity index (χ4v) is 1.52. The van der Waals surface area contributed by atoms with E-state index in [1.54, 1.807) is 0 Å². The van der Waals surface area contributed by atoms with Gasteiger partial charge < -0.3 is 0 Å². The van der Waals surface area contributed by atoms with Crippen LogP contribution < -0.4 is 0 Å². The van der Waals surface area contributed by atoms with E-state index in [0.717, 1.165) is 17.8 Å². The third-order valence-corrected chi connectivity index (χ3v) is 2.23. The molecule has 0 saturated heterocycles. The first kappa shape index (κ1) is 3.71. The second-order valence-corrected chi connectivity index (χ2v) is 2.81. The predicted octanol–water partition coefficient (Wildman–Crippen LogP) is 1.83. The highest BCUT2D eigenvalue weighted by molar-refractivity contribution is 5.14. The summed E-state index contributed by atoms with van der Waals surface area (Å²) in [6, 6.07) is 0. The number of fused-ring (bicyclic) bond motifs is 1. The van der Waals surface area contributed by atoms with Crippen LogP contribution in [0.15, 0.2) is 12.2 Å². The van der Waals surface area contributed by atoms with Gasteiger partial charge in [-0.05, 0) is 24.2 Å². The molecule has 2 aliphatic rings. The molecule has 0 aliphatic heterocycles. The van der Waals surface area contributed by atoms with Crippen LogP contribution in [-0.4, -0.2) is 0 Å². The summed E-state index contributed by atoms with van der Waals surface area (Å²) in [5, 5.41) is 0. The zero-order chi connectivity index (χ0) is 4.85. The minimum absolute atomic E-state index is 0.907. The van der Waals surface area contributed by atoms with Crippen molar-refractivity contribution >= 4 is 0 Å². The van der Waals surface area contributed by atoms with Crippen molar-refractivity contribution in [2.75, 3.05) is 0 Å². The Morgan fingerprint density at radius 3 is 2.43 bits per heavy atom. The lowest BCUT2D eigenvalue weighted by Gasteiger charge is -1.93. The molecule has 0 radical (unpaired) electrons. The first-order chi connectivity index (χ1) is 3.38. The maximum absolute atomic E-state index is 2.37. The number of hydrogen-bond acceptors (Lipinski definition) is 0. The fourth-order valence-electron chi connectivity index (χ4n) is 1.52. The first-order valence-electron chi connectivity index (χ1n) is 3.06. The second-order valence-electron chi connectivity index (χ2n) is 2.81. The lowest BCUT2D eigenvalue weighted by molar-refractivity contribution is 0.634. The number of rotatable bonds is 0. The van der Waals surface area contributed by atoms with Gasteiger partial charge in [0.2, 0.25) is 0 Å². The van der Waals surface area contributed by atoms with Gasteiger partial charge in [0.05, 0.1) is 0 Å². The van der Waals surface area contributed by atoms with Gasteiger partial charge in [-0.25, -0.2) is 0 Å². The molecular weight excluding hydrogens is 84.1 g/mol. The molecule has 0 spiro atoms. The molecular formula is C7H10. The molecule has 0 unspecified atom stereocenters. The summed E-state index contributed by atoms with van der Waals surface area (Å²) in [5.41, 5.74) is 0. The third-order valence-electron chi connectivity index (χ3n) is 2.23. The summed E-state index contributed by atoms with van der Waals surface area (Å²) >= 11 is 0. The smallest absolute Gasteiger partial charge is 0.0196 e. The van der Waals surface area contributed by atoms with Gasteiger partial charge in [0.15, 0.2) is 0 Å². The van der Waals surface area contributed by atoms with Crippen molar-refractivity contribution < 1.29 is 0 Å². The molecule has 0 aromatic heterocycles. The van der Waals surface area contributed by atoms with Crippen molar-refractivity contribution in [3.63, 3.8) is 0 Å². The molecule has 38 valence electrons. The second kappa shape index (κ2) is 0.936. The first-order valence-corrected chi connectivity index (χ1v) is 3.06. The lowest BCUT2D eigenvalue weighted by Crippen LogP contribution is -1.85. The van der Waals surface area contributed by atoms with Crippen LogP contribution in [0.2, 0.25) is 0 Å². The largest absolute Gasteiger partial charge is 0.0851 e. The van der Waals surface area contributed by atoms with Gasteiger partial charge in [0, 0.05) is 0 Å². The number of hydrogen-bond donors (Lipinski definition) is 0. The van der Waals surface area contributed by atoms with Gasteiger partial charge in [-0.1, -0.05) is 19.1 Å². The van der Waals surface area contributed by atoms with Crippen molar-refractivity contribution in [2.24, 2.45) is 17.8 Å². The highest BCUT2D eigenvalue weighted by Crippen LogP contribution is 2.50. The van der Waals surface area contributed by atoms with E-state index in [-0.39, 0.29) is 0 Å². The van der Waals surface area contributed by atoms with Gasteiger partial charge in [-0.15, -0.1) is 0 Å². The minimum Gasteiger partial charge on any atom is -0.0851 e. The van der Waals surface area contributed by atoms with Gasteiger partial charge >= 0.3 is 0 Å². The quantitative estimate of drug-likeness (QED) is 0.402. The minimum atomic E-state index is 0.907. The molecule has 3 atom stereocenters. The molecule has 0 bridgehead atoms. The van der Waals surface area contributed by atoms with Crippen molar-refractivity contribution in [1.29, 1.82) is 0 Å². The predicted molar refractivity (Wildman–Crippen MR) is 29.9 cm³/mol. The Kier molecular flexibility index (Phi) is 0.495. The normalized spacial score (nSPS) is 54.7. The van der Waals surface area contributed by atoms with Crippen molar-refractivity contribution in [2.45, 2.75) is 13.3 Å². The molecule has 1 fully saturated rings. The number of allylic oxidation sites excluding steroid dienone is 2. The fraction of sp³-hybridized carbons (Fsp3) is 0.714. The molecule has 0 N–H and O–H groups in total. The van der Waals surface area contributed by atoms with Gasteiger partial charge in [0.25, 0.3) is 0 Å². The Labute approximate surface area is 44.2 Å². The average molecular weight is 94.2 g/mol. The Morgan fingerprint density at radius 1 is 1.43 bits per heavy atom. The Morgan fingerprint density at radius 2 is 2.29 bits per heavy atom. The summed E-state index contributed by atoms with van der Waals surface area (Å²) in [4.78, 5) is 0. The van der Waals surface area contributed by atoms with Crippen LogP contribution in [0.3, 0.4) is 0 Å². The van der Waals surface area contributed by atoms with E-state index in [1.807, 2.05) is 0 Å². The summed E-state index contributed by atoms with van der Waals surface area (Å²) in [5.74, 6) is 2.99. The van der Waals surface area contributed by atoms with Crippen molar-refractivity contribution in [1.82, 2.24) is 0 Å². The highest BCUT2D eigenvalue weighted by Gasteiger charge is 2.41. The van der Waals surface area contributed by atoms with E-state index in [2.05, 4.69) is 19.1 Å². The molecule has 0 aromatic carbocycles. The summed E-state index contributed by atoms with van der Waals surface area (Å²) in [7, 11) is 0. The van der Waals surface area contributed by atoms with Crippen molar-refractivity contribution in [3.8, 4) is 0 Å².